The second-order valence-electron chi connectivity index (χ2n) is 7.43. The molecule has 1 atom stereocenters. The van der Waals surface area contributed by atoms with E-state index in [1.54, 1.807) is 53.0 Å². The smallest absolute Gasteiger partial charge is 0.322 e. The molecule has 1 aromatic heterocycles. The average Bonchev–Trinajstić information content (AvgIpc) is 2.81. The van der Waals surface area contributed by atoms with Crippen LogP contribution in [0, 0.1) is 11.3 Å². The van der Waals surface area contributed by atoms with Gasteiger partial charge in [0.05, 0.1) is 35.2 Å². The number of amides is 2. The Kier molecular flexibility index (Phi) is 7.58. The number of carbonyl (C=O) groups is 1. The van der Waals surface area contributed by atoms with Gasteiger partial charge in [0, 0.05) is 25.9 Å². The summed E-state index contributed by atoms with van der Waals surface area (Å²) in [7, 11) is 1.57. The molecule has 166 valence electrons. The summed E-state index contributed by atoms with van der Waals surface area (Å²) in [6.45, 7) is 4.97. The predicted molar refractivity (Wildman–Crippen MR) is 123 cm³/mol. The first kappa shape index (κ1) is 23.0. The molecule has 0 saturated carbocycles. The van der Waals surface area contributed by atoms with Gasteiger partial charge in [-0.2, -0.15) is 5.26 Å². The number of nitrogens with one attached hydrogen (secondary N) is 1. The van der Waals surface area contributed by atoms with Crippen molar-refractivity contribution >= 4 is 22.6 Å². The number of ether oxygens (including phenoxy) is 1. The third-order valence-corrected chi connectivity index (χ3v) is 5.22. The van der Waals surface area contributed by atoms with Gasteiger partial charge in [-0.15, -0.1) is 0 Å². The van der Waals surface area contributed by atoms with Crippen LogP contribution < -0.4 is 10.9 Å². The highest BCUT2D eigenvalue weighted by molar-refractivity contribution is 5.89. The zero-order valence-corrected chi connectivity index (χ0v) is 18.5. The van der Waals surface area contributed by atoms with E-state index in [0.717, 1.165) is 6.42 Å². The van der Waals surface area contributed by atoms with Crippen LogP contribution in [0.25, 0.3) is 10.9 Å². The van der Waals surface area contributed by atoms with Crippen LogP contribution in [0.3, 0.4) is 0 Å². The third-order valence-electron chi connectivity index (χ3n) is 5.22. The van der Waals surface area contributed by atoms with E-state index >= 15 is 0 Å². The molecule has 1 heterocycles. The molecule has 3 rings (SSSR count). The standard InChI is InChI=1S/C24H27N5O3/c1-4-12-29-22(27-21-11-6-5-10-20(21)23(29)30)17(2)28(13-14-32-3)24(31)26-19-9-7-8-18(15-19)16-25/h5-11,15,17H,4,12-14H2,1-3H3,(H,26,31). The molecule has 1 unspecified atom stereocenters. The summed E-state index contributed by atoms with van der Waals surface area (Å²) in [5, 5.41) is 12.5. The van der Waals surface area contributed by atoms with Crippen LogP contribution in [0.15, 0.2) is 53.3 Å². The molecule has 8 heteroatoms. The Labute approximate surface area is 187 Å². The van der Waals surface area contributed by atoms with Crippen LogP contribution in [-0.4, -0.2) is 40.7 Å². The summed E-state index contributed by atoms with van der Waals surface area (Å²) in [6.07, 6.45) is 0.755. The van der Waals surface area contributed by atoms with E-state index < -0.39 is 6.04 Å². The first-order chi connectivity index (χ1) is 15.5. The van der Waals surface area contributed by atoms with E-state index in [9.17, 15) is 9.59 Å². The van der Waals surface area contributed by atoms with Gasteiger partial charge in [-0.3, -0.25) is 9.36 Å². The maximum Gasteiger partial charge on any atom is 0.322 e. The van der Waals surface area contributed by atoms with Crippen LogP contribution in [0.1, 0.15) is 37.7 Å². The largest absolute Gasteiger partial charge is 0.383 e. The number of benzene rings is 2. The van der Waals surface area contributed by atoms with Crippen molar-refractivity contribution in [2.45, 2.75) is 32.9 Å². The number of carbonyl (C=O) groups excluding carboxylic acids is 1. The van der Waals surface area contributed by atoms with Crippen LogP contribution in [0.5, 0.6) is 0 Å². The maximum atomic E-state index is 13.2. The minimum atomic E-state index is -0.492. The van der Waals surface area contributed by atoms with Crippen molar-refractivity contribution in [3.8, 4) is 6.07 Å². The monoisotopic (exact) mass is 433 g/mol. The normalized spacial score (nSPS) is 11.7. The van der Waals surface area contributed by atoms with Crippen molar-refractivity contribution < 1.29 is 9.53 Å². The fraction of sp³-hybridized carbons (Fsp3) is 0.333. The van der Waals surface area contributed by atoms with Gasteiger partial charge in [0.15, 0.2) is 0 Å². The van der Waals surface area contributed by atoms with Crippen molar-refractivity contribution in [2.24, 2.45) is 0 Å². The number of nitriles is 1. The number of methoxy groups -OCH3 is 1. The predicted octanol–water partition coefficient (Wildman–Crippen LogP) is 3.92. The first-order valence-electron chi connectivity index (χ1n) is 10.6. The average molecular weight is 434 g/mol. The Morgan fingerprint density at radius 3 is 2.78 bits per heavy atom. The van der Waals surface area contributed by atoms with Gasteiger partial charge in [-0.25, -0.2) is 9.78 Å². The SMILES string of the molecule is CCCn1c(C(C)N(CCOC)C(=O)Nc2cccc(C#N)c2)nc2ccccc2c1=O. The molecule has 0 aliphatic carbocycles. The summed E-state index contributed by atoms with van der Waals surface area (Å²) < 4.78 is 6.86. The Bertz CT molecular complexity index is 1200. The lowest BCUT2D eigenvalue weighted by atomic mass is 10.2. The molecule has 2 aromatic carbocycles. The summed E-state index contributed by atoms with van der Waals surface area (Å²) >= 11 is 0. The van der Waals surface area contributed by atoms with E-state index in [1.165, 1.54) is 0 Å². The van der Waals surface area contributed by atoms with E-state index in [-0.39, 0.29) is 11.6 Å². The molecule has 1 N–H and O–H groups in total. The molecule has 0 radical (unpaired) electrons. The first-order valence-corrected chi connectivity index (χ1v) is 10.6. The fourth-order valence-electron chi connectivity index (χ4n) is 3.61. The molecule has 0 aliphatic heterocycles. The van der Waals surface area contributed by atoms with Crippen LogP contribution >= 0.6 is 0 Å². The number of para-hydroxylation sites is 1. The highest BCUT2D eigenvalue weighted by Gasteiger charge is 2.26. The quantitative estimate of drug-likeness (QED) is 0.580. The molecule has 0 bridgehead atoms. The van der Waals surface area contributed by atoms with Gasteiger partial charge < -0.3 is 15.0 Å². The van der Waals surface area contributed by atoms with Crippen LogP contribution in [0.2, 0.25) is 0 Å². The van der Waals surface area contributed by atoms with Crippen LogP contribution in [-0.2, 0) is 11.3 Å². The van der Waals surface area contributed by atoms with Crippen molar-refractivity contribution in [1.82, 2.24) is 14.5 Å². The third kappa shape index (κ3) is 4.95. The second-order valence-corrected chi connectivity index (χ2v) is 7.43. The molecule has 3 aromatic rings. The molecule has 2 amide bonds. The fourth-order valence-corrected chi connectivity index (χ4v) is 3.61. The Morgan fingerprint density at radius 2 is 2.06 bits per heavy atom. The van der Waals surface area contributed by atoms with Gasteiger partial charge in [0.2, 0.25) is 0 Å². The number of urea groups is 1. The summed E-state index contributed by atoms with van der Waals surface area (Å²) in [5.74, 6) is 0.521. The lowest BCUT2D eigenvalue weighted by Crippen LogP contribution is -2.41. The maximum absolute atomic E-state index is 13.2. The minimum Gasteiger partial charge on any atom is -0.383 e. The molecular formula is C24H27N5O3. The van der Waals surface area contributed by atoms with Crippen molar-refractivity contribution in [3.05, 3.63) is 70.3 Å². The molecule has 0 aliphatic rings. The van der Waals surface area contributed by atoms with Crippen molar-refractivity contribution in [1.29, 1.82) is 5.26 Å². The number of aromatic nitrogens is 2. The van der Waals surface area contributed by atoms with Crippen molar-refractivity contribution in [3.63, 3.8) is 0 Å². The van der Waals surface area contributed by atoms with E-state index in [0.29, 0.717) is 47.7 Å². The van der Waals surface area contributed by atoms with Crippen molar-refractivity contribution in [2.75, 3.05) is 25.6 Å². The molecule has 8 nitrogen and oxygen atoms in total. The van der Waals surface area contributed by atoms with Gasteiger partial charge in [0.1, 0.15) is 5.82 Å². The number of anilines is 1. The van der Waals surface area contributed by atoms with Gasteiger partial charge in [-0.1, -0.05) is 25.1 Å². The molecular weight excluding hydrogens is 406 g/mol. The number of nitrogens with zero attached hydrogens (tertiary/aromatic N) is 4. The highest BCUT2D eigenvalue weighted by Crippen LogP contribution is 2.22. The van der Waals surface area contributed by atoms with Gasteiger partial charge in [-0.05, 0) is 43.7 Å². The highest BCUT2D eigenvalue weighted by atomic mass is 16.5. The van der Waals surface area contributed by atoms with E-state index in [1.807, 2.05) is 26.0 Å². The number of hydrogen-bond acceptors (Lipinski definition) is 5. The van der Waals surface area contributed by atoms with Gasteiger partial charge >= 0.3 is 6.03 Å². The number of fused-ring (bicyclic) bond motifs is 1. The molecule has 0 saturated heterocycles. The van der Waals surface area contributed by atoms with E-state index in [2.05, 4.69) is 11.4 Å². The molecule has 32 heavy (non-hydrogen) atoms. The zero-order chi connectivity index (χ0) is 23.1. The summed E-state index contributed by atoms with van der Waals surface area (Å²) in [6, 6.07) is 15.1. The van der Waals surface area contributed by atoms with E-state index in [4.69, 9.17) is 15.0 Å². The lowest BCUT2D eigenvalue weighted by molar-refractivity contribution is 0.136. The lowest BCUT2D eigenvalue weighted by Gasteiger charge is -2.30. The topological polar surface area (TPSA) is 100 Å². The summed E-state index contributed by atoms with van der Waals surface area (Å²) in [4.78, 5) is 32.7. The number of rotatable bonds is 8. The van der Waals surface area contributed by atoms with Gasteiger partial charge in [0.25, 0.3) is 5.56 Å². The zero-order valence-electron chi connectivity index (χ0n) is 18.5. The Hall–Kier alpha value is -3.70. The Morgan fingerprint density at radius 1 is 1.28 bits per heavy atom. The molecule has 0 spiro atoms. The second kappa shape index (κ2) is 10.6. The Balaban J connectivity index is 2.01. The minimum absolute atomic E-state index is 0.117. The van der Waals surface area contributed by atoms with Crippen LogP contribution in [0.4, 0.5) is 10.5 Å². The summed E-state index contributed by atoms with van der Waals surface area (Å²) in [5.41, 5.74) is 1.45. The number of hydrogen-bond donors (Lipinski definition) is 1. The molecule has 0 fully saturated rings.